The van der Waals surface area contributed by atoms with Gasteiger partial charge in [0.05, 0.1) is 6.07 Å². The summed E-state index contributed by atoms with van der Waals surface area (Å²) in [5, 5.41) is 11.9. The van der Waals surface area contributed by atoms with E-state index in [4.69, 9.17) is 5.26 Å². The monoisotopic (exact) mass is 254 g/mol. The van der Waals surface area contributed by atoms with E-state index in [1.807, 2.05) is 17.8 Å². The fourth-order valence-corrected chi connectivity index (χ4v) is 3.08. The highest BCUT2D eigenvalue weighted by atomic mass is 32.2. The zero-order valence-corrected chi connectivity index (χ0v) is 11.8. The van der Waals surface area contributed by atoms with Crippen LogP contribution >= 0.6 is 11.8 Å². The molecule has 96 valence electrons. The van der Waals surface area contributed by atoms with Crippen molar-refractivity contribution in [3.05, 3.63) is 0 Å². The van der Waals surface area contributed by atoms with Gasteiger partial charge in [0.15, 0.2) is 0 Å². The summed E-state index contributed by atoms with van der Waals surface area (Å²) in [6, 6.07) is 2.04. The second-order valence-electron chi connectivity index (χ2n) is 5.37. The molecule has 1 N–H and O–H groups in total. The number of rotatable bonds is 4. The molecule has 1 saturated carbocycles. The van der Waals surface area contributed by atoms with Gasteiger partial charge >= 0.3 is 0 Å². The molecule has 4 heteroatoms. The Balaban J connectivity index is 2.54. The third kappa shape index (κ3) is 3.64. The molecule has 0 unspecified atom stereocenters. The molecule has 3 nitrogen and oxygen atoms in total. The maximum absolute atomic E-state index is 11.9. The summed E-state index contributed by atoms with van der Waals surface area (Å²) in [7, 11) is 0. The van der Waals surface area contributed by atoms with Gasteiger partial charge in [-0.05, 0) is 32.9 Å². The van der Waals surface area contributed by atoms with Crippen LogP contribution in [0.25, 0.3) is 0 Å². The second-order valence-corrected chi connectivity index (χ2v) is 6.64. The Kier molecular flexibility index (Phi) is 4.88. The lowest BCUT2D eigenvalue weighted by Crippen LogP contribution is -2.45. The van der Waals surface area contributed by atoms with E-state index in [0.29, 0.717) is 6.54 Å². The van der Waals surface area contributed by atoms with Gasteiger partial charge in [0.1, 0.15) is 5.41 Å². The van der Waals surface area contributed by atoms with Crippen molar-refractivity contribution in [2.45, 2.75) is 50.7 Å². The van der Waals surface area contributed by atoms with Crippen LogP contribution in [0.2, 0.25) is 0 Å². The van der Waals surface area contributed by atoms with Gasteiger partial charge in [-0.3, -0.25) is 4.79 Å². The first-order valence-corrected chi connectivity index (χ1v) is 7.43. The summed E-state index contributed by atoms with van der Waals surface area (Å²) in [6.07, 6.45) is 8.26. The van der Waals surface area contributed by atoms with Gasteiger partial charge in [-0.2, -0.15) is 17.0 Å². The van der Waals surface area contributed by atoms with Crippen molar-refractivity contribution in [2.75, 3.05) is 12.8 Å². The number of carbonyl (C=O) groups is 1. The Morgan fingerprint density at radius 1 is 1.41 bits per heavy atom. The molecule has 0 aromatic carbocycles. The lowest BCUT2D eigenvalue weighted by Gasteiger charge is -2.36. The molecular weight excluding hydrogens is 232 g/mol. The van der Waals surface area contributed by atoms with Crippen LogP contribution in [0.4, 0.5) is 0 Å². The van der Waals surface area contributed by atoms with Crippen molar-refractivity contribution in [2.24, 2.45) is 5.41 Å². The third-order valence-electron chi connectivity index (χ3n) is 3.62. The van der Waals surface area contributed by atoms with E-state index in [-0.39, 0.29) is 10.7 Å². The number of hydrogen-bond donors (Lipinski definition) is 1. The Bertz CT molecular complexity index is 314. The fraction of sp³-hybridized carbons (Fsp3) is 0.846. The van der Waals surface area contributed by atoms with Crippen LogP contribution in [0.15, 0.2) is 0 Å². The lowest BCUT2D eigenvalue weighted by molar-refractivity contribution is -0.126. The van der Waals surface area contributed by atoms with E-state index in [1.165, 1.54) is 32.1 Å². The average Bonchev–Trinajstić information content (AvgIpc) is 2.37. The minimum absolute atomic E-state index is 0.154. The number of carbonyl (C=O) groups excluding carboxylic acids is 1. The van der Waals surface area contributed by atoms with E-state index in [1.54, 1.807) is 13.8 Å². The second kappa shape index (κ2) is 5.77. The molecule has 1 aliphatic rings. The largest absolute Gasteiger partial charge is 0.353 e. The highest BCUT2D eigenvalue weighted by Crippen LogP contribution is 2.38. The van der Waals surface area contributed by atoms with E-state index < -0.39 is 5.41 Å². The minimum Gasteiger partial charge on any atom is -0.353 e. The predicted octanol–water partition coefficient (Wildman–Crippen LogP) is 2.72. The topological polar surface area (TPSA) is 52.9 Å². The number of amides is 1. The molecule has 0 bridgehead atoms. The van der Waals surface area contributed by atoms with Gasteiger partial charge in [0, 0.05) is 11.3 Å². The zero-order valence-electron chi connectivity index (χ0n) is 11.0. The van der Waals surface area contributed by atoms with Crippen molar-refractivity contribution >= 4 is 17.7 Å². The van der Waals surface area contributed by atoms with Gasteiger partial charge in [0.25, 0.3) is 0 Å². The van der Waals surface area contributed by atoms with Crippen molar-refractivity contribution in [3.8, 4) is 6.07 Å². The maximum Gasteiger partial charge on any atom is 0.239 e. The number of nitrogens with zero attached hydrogens (tertiary/aromatic N) is 1. The SMILES string of the molecule is CSC1(CNC(=O)C(C)(C)C#N)CCCCC1. The van der Waals surface area contributed by atoms with Crippen molar-refractivity contribution < 1.29 is 4.79 Å². The van der Waals surface area contributed by atoms with Crippen LogP contribution in [0.5, 0.6) is 0 Å². The van der Waals surface area contributed by atoms with Crippen molar-refractivity contribution in [1.82, 2.24) is 5.32 Å². The number of hydrogen-bond acceptors (Lipinski definition) is 3. The van der Waals surface area contributed by atoms with E-state index >= 15 is 0 Å². The summed E-state index contributed by atoms with van der Waals surface area (Å²) in [6.45, 7) is 4.02. The van der Waals surface area contributed by atoms with Crippen molar-refractivity contribution in [3.63, 3.8) is 0 Å². The van der Waals surface area contributed by atoms with Crippen LogP contribution in [-0.2, 0) is 4.79 Å². The molecule has 17 heavy (non-hydrogen) atoms. The highest BCUT2D eigenvalue weighted by Gasteiger charge is 2.34. The molecule has 0 heterocycles. The molecule has 0 aliphatic heterocycles. The first-order chi connectivity index (χ1) is 7.96. The Hall–Kier alpha value is -0.690. The average molecular weight is 254 g/mol. The first kappa shape index (κ1) is 14.4. The van der Waals surface area contributed by atoms with E-state index in [0.717, 1.165) is 0 Å². The van der Waals surface area contributed by atoms with E-state index in [9.17, 15) is 4.79 Å². The number of nitriles is 1. The molecule has 0 aromatic heterocycles. The smallest absolute Gasteiger partial charge is 0.239 e. The summed E-state index contributed by atoms with van der Waals surface area (Å²) in [5.74, 6) is -0.154. The highest BCUT2D eigenvalue weighted by molar-refractivity contribution is 8.00. The van der Waals surface area contributed by atoms with Crippen LogP contribution in [0.1, 0.15) is 46.0 Å². The standard InChI is InChI=1S/C13H22N2OS/c1-12(2,9-14)11(16)15-10-13(17-3)7-5-4-6-8-13/h4-8,10H2,1-3H3,(H,15,16). The summed E-state index contributed by atoms with van der Waals surface area (Å²) in [4.78, 5) is 11.9. The maximum atomic E-state index is 11.9. The van der Waals surface area contributed by atoms with E-state index in [2.05, 4.69) is 11.6 Å². The molecule has 1 aliphatic carbocycles. The molecule has 0 aromatic rings. The molecule has 0 spiro atoms. The Labute approximate surface area is 108 Å². The van der Waals surface area contributed by atoms with Gasteiger partial charge in [0.2, 0.25) is 5.91 Å². The predicted molar refractivity (Wildman–Crippen MR) is 71.7 cm³/mol. The third-order valence-corrected chi connectivity index (χ3v) is 5.03. The number of thioether (sulfide) groups is 1. The minimum atomic E-state index is -0.922. The summed E-state index contributed by atoms with van der Waals surface area (Å²) >= 11 is 1.86. The van der Waals surface area contributed by atoms with Crippen molar-refractivity contribution in [1.29, 1.82) is 5.26 Å². The molecule has 1 fully saturated rings. The van der Waals surface area contributed by atoms with Gasteiger partial charge < -0.3 is 5.32 Å². The Morgan fingerprint density at radius 3 is 2.47 bits per heavy atom. The van der Waals surface area contributed by atoms with Gasteiger partial charge in [-0.1, -0.05) is 19.3 Å². The zero-order chi connectivity index (χ0) is 12.9. The normalized spacial score (nSPS) is 19.4. The molecule has 0 radical (unpaired) electrons. The molecule has 0 saturated heterocycles. The summed E-state index contributed by atoms with van der Waals surface area (Å²) in [5.41, 5.74) is -0.922. The molecular formula is C13H22N2OS. The summed E-state index contributed by atoms with van der Waals surface area (Å²) < 4.78 is 0.194. The molecule has 1 amide bonds. The fourth-order valence-electron chi connectivity index (χ4n) is 2.16. The van der Waals surface area contributed by atoms with Gasteiger partial charge in [-0.25, -0.2) is 0 Å². The number of nitrogens with one attached hydrogen (secondary N) is 1. The van der Waals surface area contributed by atoms with Crippen LogP contribution in [0, 0.1) is 16.7 Å². The molecule has 1 rings (SSSR count). The van der Waals surface area contributed by atoms with Crippen LogP contribution in [0.3, 0.4) is 0 Å². The lowest BCUT2D eigenvalue weighted by atomic mass is 9.87. The molecule has 0 atom stereocenters. The first-order valence-electron chi connectivity index (χ1n) is 6.20. The van der Waals surface area contributed by atoms with Crippen LogP contribution in [-0.4, -0.2) is 23.5 Å². The quantitative estimate of drug-likeness (QED) is 0.839. The van der Waals surface area contributed by atoms with Gasteiger partial charge in [-0.15, -0.1) is 0 Å². The van der Waals surface area contributed by atoms with Crippen LogP contribution < -0.4 is 5.32 Å². The Morgan fingerprint density at radius 2 is 2.00 bits per heavy atom.